The van der Waals surface area contributed by atoms with Crippen LogP contribution in [0.3, 0.4) is 0 Å². The van der Waals surface area contributed by atoms with E-state index >= 15 is 0 Å². The monoisotopic (exact) mass is 355 g/mol. The summed E-state index contributed by atoms with van der Waals surface area (Å²) in [5.74, 6) is -0.133. The molecule has 24 heavy (non-hydrogen) atoms. The SMILES string of the molecule is O=C(Cc1ccc(-c2ccccc2)cc1)Nc1cccc(Cl)c1Cl. The van der Waals surface area contributed by atoms with E-state index in [0.29, 0.717) is 15.7 Å². The highest BCUT2D eigenvalue weighted by atomic mass is 35.5. The first-order valence-electron chi connectivity index (χ1n) is 7.52. The Balaban J connectivity index is 1.68. The molecule has 3 aromatic rings. The van der Waals surface area contributed by atoms with Gasteiger partial charge in [-0.25, -0.2) is 0 Å². The number of rotatable bonds is 4. The van der Waals surface area contributed by atoms with Gasteiger partial charge in [-0.05, 0) is 28.8 Å². The maximum atomic E-state index is 12.2. The molecule has 3 rings (SSSR count). The number of carbonyl (C=O) groups is 1. The van der Waals surface area contributed by atoms with E-state index in [9.17, 15) is 4.79 Å². The Morgan fingerprint density at radius 2 is 1.46 bits per heavy atom. The van der Waals surface area contributed by atoms with Gasteiger partial charge < -0.3 is 5.32 Å². The molecule has 1 N–H and O–H groups in total. The number of halogens is 2. The van der Waals surface area contributed by atoms with E-state index in [4.69, 9.17) is 23.2 Å². The summed E-state index contributed by atoms with van der Waals surface area (Å²) in [4.78, 5) is 12.2. The number of carbonyl (C=O) groups excluding carboxylic acids is 1. The highest BCUT2D eigenvalue weighted by Gasteiger charge is 2.09. The lowest BCUT2D eigenvalue weighted by Crippen LogP contribution is -2.14. The first-order chi connectivity index (χ1) is 11.6. The molecule has 4 heteroatoms. The summed E-state index contributed by atoms with van der Waals surface area (Å²) in [5, 5.41) is 3.56. The van der Waals surface area contributed by atoms with Crippen molar-refractivity contribution in [2.75, 3.05) is 5.32 Å². The van der Waals surface area contributed by atoms with E-state index < -0.39 is 0 Å². The fourth-order valence-electron chi connectivity index (χ4n) is 2.43. The van der Waals surface area contributed by atoms with E-state index in [1.165, 1.54) is 0 Å². The van der Waals surface area contributed by atoms with Crippen molar-refractivity contribution in [3.8, 4) is 11.1 Å². The minimum atomic E-state index is -0.133. The zero-order valence-electron chi connectivity index (χ0n) is 12.8. The van der Waals surface area contributed by atoms with Crippen LogP contribution in [0.1, 0.15) is 5.56 Å². The summed E-state index contributed by atoms with van der Waals surface area (Å²) in [7, 11) is 0. The summed E-state index contributed by atoms with van der Waals surface area (Å²) in [6.45, 7) is 0. The molecule has 0 aromatic heterocycles. The first-order valence-corrected chi connectivity index (χ1v) is 8.27. The maximum Gasteiger partial charge on any atom is 0.228 e. The highest BCUT2D eigenvalue weighted by molar-refractivity contribution is 6.43. The Kier molecular flexibility index (Phi) is 5.19. The molecule has 2 nitrogen and oxygen atoms in total. The van der Waals surface area contributed by atoms with Gasteiger partial charge >= 0.3 is 0 Å². The van der Waals surface area contributed by atoms with E-state index in [1.54, 1.807) is 18.2 Å². The van der Waals surface area contributed by atoms with Gasteiger partial charge in [0.15, 0.2) is 0 Å². The zero-order valence-corrected chi connectivity index (χ0v) is 14.3. The van der Waals surface area contributed by atoms with Gasteiger partial charge in [0.25, 0.3) is 0 Å². The van der Waals surface area contributed by atoms with Gasteiger partial charge in [0.05, 0.1) is 22.2 Å². The molecule has 0 fully saturated rings. The quantitative estimate of drug-likeness (QED) is 0.625. The van der Waals surface area contributed by atoms with Gasteiger partial charge in [0.1, 0.15) is 0 Å². The minimum absolute atomic E-state index is 0.133. The summed E-state index contributed by atoms with van der Waals surface area (Å²) in [5.41, 5.74) is 3.73. The molecule has 0 bridgehead atoms. The second-order valence-corrected chi connectivity index (χ2v) is 6.17. The smallest absolute Gasteiger partial charge is 0.228 e. The maximum absolute atomic E-state index is 12.2. The normalized spacial score (nSPS) is 10.4. The van der Waals surface area contributed by atoms with Crippen molar-refractivity contribution < 1.29 is 4.79 Å². The van der Waals surface area contributed by atoms with Crippen molar-refractivity contribution in [1.82, 2.24) is 0 Å². The second-order valence-electron chi connectivity index (χ2n) is 5.39. The number of hydrogen-bond donors (Lipinski definition) is 1. The van der Waals surface area contributed by atoms with Crippen LogP contribution in [0.4, 0.5) is 5.69 Å². The number of nitrogens with one attached hydrogen (secondary N) is 1. The second kappa shape index (κ2) is 7.52. The van der Waals surface area contributed by atoms with Gasteiger partial charge in [-0.1, -0.05) is 83.9 Å². The Bertz CT molecular complexity index is 845. The molecule has 0 heterocycles. The number of anilines is 1. The average molecular weight is 356 g/mol. The summed E-state index contributed by atoms with van der Waals surface area (Å²) < 4.78 is 0. The molecule has 120 valence electrons. The van der Waals surface area contributed by atoms with Crippen LogP contribution < -0.4 is 5.32 Å². The van der Waals surface area contributed by atoms with Crippen LogP contribution in [0.5, 0.6) is 0 Å². The predicted molar refractivity (Wildman–Crippen MR) is 101 cm³/mol. The molecule has 0 saturated heterocycles. The Hall–Kier alpha value is -2.29. The number of amides is 1. The first kappa shape index (κ1) is 16.6. The van der Waals surface area contributed by atoms with Gasteiger partial charge in [0, 0.05) is 0 Å². The Labute approximate surface area is 151 Å². The molecular formula is C20H15Cl2NO. The number of hydrogen-bond acceptors (Lipinski definition) is 1. The highest BCUT2D eigenvalue weighted by Crippen LogP contribution is 2.29. The van der Waals surface area contributed by atoms with Gasteiger partial charge in [0.2, 0.25) is 5.91 Å². The van der Waals surface area contributed by atoms with E-state index in [-0.39, 0.29) is 12.3 Å². The average Bonchev–Trinajstić information content (AvgIpc) is 2.60. The molecule has 0 aliphatic heterocycles. The van der Waals surface area contributed by atoms with Crippen molar-refractivity contribution in [3.05, 3.63) is 88.4 Å². The molecular weight excluding hydrogens is 341 g/mol. The molecule has 0 aliphatic carbocycles. The predicted octanol–water partition coefficient (Wildman–Crippen LogP) is 5.84. The van der Waals surface area contributed by atoms with Crippen LogP contribution >= 0.6 is 23.2 Å². The van der Waals surface area contributed by atoms with Crippen molar-refractivity contribution in [2.45, 2.75) is 6.42 Å². The molecule has 0 spiro atoms. The standard InChI is InChI=1S/C20H15Cl2NO/c21-17-7-4-8-18(20(17)22)23-19(24)13-14-9-11-16(12-10-14)15-5-2-1-3-6-15/h1-12H,13H2,(H,23,24). The Morgan fingerprint density at radius 3 is 2.17 bits per heavy atom. The van der Waals surface area contributed by atoms with Crippen molar-refractivity contribution >= 4 is 34.8 Å². The van der Waals surface area contributed by atoms with Crippen LogP contribution in [0.25, 0.3) is 11.1 Å². The lowest BCUT2D eigenvalue weighted by molar-refractivity contribution is -0.115. The third-order valence-corrected chi connectivity index (χ3v) is 4.47. The minimum Gasteiger partial charge on any atom is -0.324 e. The fraction of sp³-hybridized carbons (Fsp3) is 0.0500. The topological polar surface area (TPSA) is 29.1 Å². The van der Waals surface area contributed by atoms with Gasteiger partial charge in [-0.2, -0.15) is 0 Å². The molecule has 0 atom stereocenters. The van der Waals surface area contributed by atoms with Gasteiger partial charge in [-0.3, -0.25) is 4.79 Å². The summed E-state index contributed by atoms with van der Waals surface area (Å²) >= 11 is 12.0. The summed E-state index contributed by atoms with van der Waals surface area (Å²) in [6, 6.07) is 23.2. The van der Waals surface area contributed by atoms with Crippen molar-refractivity contribution in [2.24, 2.45) is 0 Å². The van der Waals surface area contributed by atoms with E-state index in [1.807, 2.05) is 42.5 Å². The van der Waals surface area contributed by atoms with E-state index in [0.717, 1.165) is 16.7 Å². The van der Waals surface area contributed by atoms with Crippen LogP contribution in [0, 0.1) is 0 Å². The van der Waals surface area contributed by atoms with Crippen LogP contribution in [-0.2, 0) is 11.2 Å². The molecule has 0 radical (unpaired) electrons. The van der Waals surface area contributed by atoms with Crippen molar-refractivity contribution in [1.29, 1.82) is 0 Å². The van der Waals surface area contributed by atoms with Crippen molar-refractivity contribution in [3.63, 3.8) is 0 Å². The van der Waals surface area contributed by atoms with Crippen LogP contribution in [0.2, 0.25) is 10.0 Å². The van der Waals surface area contributed by atoms with Crippen LogP contribution in [-0.4, -0.2) is 5.91 Å². The zero-order chi connectivity index (χ0) is 16.9. The third-order valence-electron chi connectivity index (χ3n) is 3.65. The van der Waals surface area contributed by atoms with E-state index in [2.05, 4.69) is 17.4 Å². The van der Waals surface area contributed by atoms with Gasteiger partial charge in [-0.15, -0.1) is 0 Å². The molecule has 1 amide bonds. The third kappa shape index (κ3) is 3.97. The largest absolute Gasteiger partial charge is 0.324 e. The fourth-order valence-corrected chi connectivity index (χ4v) is 2.77. The lowest BCUT2D eigenvalue weighted by Gasteiger charge is -2.09. The van der Waals surface area contributed by atoms with Crippen LogP contribution in [0.15, 0.2) is 72.8 Å². The molecule has 0 aliphatic rings. The molecule has 0 saturated carbocycles. The summed E-state index contributed by atoms with van der Waals surface area (Å²) in [6.07, 6.45) is 0.276. The molecule has 3 aromatic carbocycles. The number of benzene rings is 3. The lowest BCUT2D eigenvalue weighted by atomic mass is 10.0. The molecule has 0 unspecified atom stereocenters. The Morgan fingerprint density at radius 1 is 0.792 bits per heavy atom.